The number of aromatic nitrogens is 1. The number of rotatable bonds is 6. The van der Waals surface area contributed by atoms with Gasteiger partial charge < -0.3 is 13.5 Å². The third-order valence-electron chi connectivity index (χ3n) is 3.19. The molecule has 1 N–H and O–H groups in total. The van der Waals surface area contributed by atoms with E-state index >= 15 is 0 Å². The summed E-state index contributed by atoms with van der Waals surface area (Å²) in [5.74, 6) is 0. The second kappa shape index (κ2) is 8.81. The van der Waals surface area contributed by atoms with E-state index < -0.39 is 25.0 Å². The van der Waals surface area contributed by atoms with Crippen LogP contribution in [0.2, 0.25) is 58.9 Å². The maximum absolute atomic E-state index is 5.90. The molecule has 6 heteroatoms. The first-order chi connectivity index (χ1) is 11.3. The van der Waals surface area contributed by atoms with Gasteiger partial charge in [-0.1, -0.05) is 18.2 Å². The number of H-pyrrole nitrogens is 1. The van der Waals surface area contributed by atoms with Gasteiger partial charge in [-0.25, -0.2) is 0 Å². The third-order valence-corrected chi connectivity index (χ3v) is 9.16. The van der Waals surface area contributed by atoms with Crippen molar-refractivity contribution in [3.05, 3.63) is 36.0 Å². The largest absolute Gasteiger partial charge is 0.456 e. The lowest BCUT2D eigenvalue weighted by molar-refractivity contribution is 0.316. The number of hydrogen-bond donors (Lipinski definition) is 1. The standard InChI is InChI=1S/C13H19NOSi.C6H18OSi2/c1-16(2,3)15-9-8-11-10-14-13-7-5-4-6-12(11)13;1-8(2,3)7-9(4,5)6/h4-7,10,14H,8-9H2,1-3H3;1-6H3. The number of hydrogen-bond acceptors (Lipinski definition) is 2. The molecule has 0 unspecified atom stereocenters. The van der Waals surface area contributed by atoms with Crippen molar-refractivity contribution in [2.45, 2.75) is 65.3 Å². The van der Waals surface area contributed by atoms with E-state index in [4.69, 9.17) is 8.54 Å². The first kappa shape index (κ1) is 22.4. The molecule has 2 aromatic rings. The van der Waals surface area contributed by atoms with Gasteiger partial charge in [-0.05, 0) is 77.0 Å². The summed E-state index contributed by atoms with van der Waals surface area (Å²) in [7, 11) is -3.83. The molecule has 0 aliphatic heterocycles. The predicted molar refractivity (Wildman–Crippen MR) is 119 cm³/mol. The summed E-state index contributed by atoms with van der Waals surface area (Å²) in [6.45, 7) is 21.0. The molecule has 142 valence electrons. The second-order valence-corrected chi connectivity index (χ2v) is 23.2. The van der Waals surface area contributed by atoms with Gasteiger partial charge in [-0.3, -0.25) is 0 Å². The molecule has 0 aliphatic carbocycles. The Hall–Kier alpha value is -0.669. The molecule has 0 amide bonds. The maximum Gasteiger partial charge on any atom is 0.183 e. The SMILES string of the molecule is C[Si](C)(C)OCCc1c[nH]c2ccccc12.C[Si](C)(C)O[Si](C)(C)C. The molecule has 2 rings (SSSR count). The lowest BCUT2D eigenvalue weighted by Crippen LogP contribution is -2.39. The van der Waals surface area contributed by atoms with Crippen LogP contribution < -0.4 is 0 Å². The Morgan fingerprint density at radius 3 is 1.84 bits per heavy atom. The van der Waals surface area contributed by atoms with Gasteiger partial charge >= 0.3 is 0 Å². The number of aromatic amines is 1. The lowest BCUT2D eigenvalue weighted by Gasteiger charge is -2.27. The fraction of sp³-hybridized carbons (Fsp3) is 0.579. The summed E-state index contributed by atoms with van der Waals surface area (Å²) in [5.41, 5.74) is 2.57. The highest BCUT2D eigenvalue weighted by Gasteiger charge is 2.24. The molecule has 25 heavy (non-hydrogen) atoms. The van der Waals surface area contributed by atoms with Gasteiger partial charge in [0, 0.05) is 23.7 Å². The van der Waals surface area contributed by atoms with Gasteiger partial charge in [-0.15, -0.1) is 0 Å². The van der Waals surface area contributed by atoms with Gasteiger partial charge in [0.25, 0.3) is 0 Å². The normalized spacial score (nSPS) is 12.8. The van der Waals surface area contributed by atoms with Crippen LogP contribution >= 0.6 is 0 Å². The van der Waals surface area contributed by atoms with E-state index in [9.17, 15) is 0 Å². The first-order valence-corrected chi connectivity index (χ1v) is 19.4. The van der Waals surface area contributed by atoms with E-state index in [1.165, 1.54) is 16.5 Å². The quantitative estimate of drug-likeness (QED) is 0.588. The Balaban J connectivity index is 0.000000299. The zero-order chi connectivity index (χ0) is 19.3. The molecule has 0 radical (unpaired) electrons. The van der Waals surface area contributed by atoms with E-state index in [-0.39, 0.29) is 0 Å². The molecule has 0 fully saturated rings. The van der Waals surface area contributed by atoms with Crippen molar-refractivity contribution >= 4 is 35.9 Å². The van der Waals surface area contributed by atoms with Crippen molar-refractivity contribution in [3.63, 3.8) is 0 Å². The van der Waals surface area contributed by atoms with Crippen molar-refractivity contribution in [1.82, 2.24) is 4.98 Å². The zero-order valence-corrected chi connectivity index (χ0v) is 20.6. The van der Waals surface area contributed by atoms with Gasteiger partial charge in [0.2, 0.25) is 0 Å². The molecular formula is C19H37NO2Si3. The highest BCUT2D eigenvalue weighted by molar-refractivity contribution is 6.83. The van der Waals surface area contributed by atoms with Crippen molar-refractivity contribution in [1.29, 1.82) is 0 Å². The molecule has 1 aromatic heterocycles. The van der Waals surface area contributed by atoms with Crippen molar-refractivity contribution in [3.8, 4) is 0 Å². The average molecular weight is 396 g/mol. The number of benzene rings is 1. The first-order valence-electron chi connectivity index (χ1n) is 9.16. The van der Waals surface area contributed by atoms with Crippen LogP contribution in [-0.4, -0.2) is 36.5 Å². The van der Waals surface area contributed by atoms with E-state index in [1.54, 1.807) is 0 Å². The molecule has 0 saturated carbocycles. The Morgan fingerprint density at radius 1 is 0.800 bits per heavy atom. The Bertz CT molecular complexity index is 637. The summed E-state index contributed by atoms with van der Waals surface area (Å²) < 4.78 is 11.8. The molecule has 1 aromatic carbocycles. The van der Waals surface area contributed by atoms with Crippen molar-refractivity contribution < 1.29 is 8.54 Å². The van der Waals surface area contributed by atoms with Crippen LogP contribution in [0.4, 0.5) is 0 Å². The van der Waals surface area contributed by atoms with Gasteiger partial charge in [-0.2, -0.15) is 0 Å². The molecule has 0 saturated heterocycles. The minimum Gasteiger partial charge on any atom is -0.456 e. The van der Waals surface area contributed by atoms with Gasteiger partial charge in [0.1, 0.15) is 0 Å². The van der Waals surface area contributed by atoms with Gasteiger partial charge in [0.15, 0.2) is 25.0 Å². The summed E-state index contributed by atoms with van der Waals surface area (Å²) in [4.78, 5) is 3.29. The van der Waals surface area contributed by atoms with Crippen LogP contribution in [0.1, 0.15) is 5.56 Å². The monoisotopic (exact) mass is 395 g/mol. The number of nitrogens with one attached hydrogen (secondary N) is 1. The van der Waals surface area contributed by atoms with Crippen LogP contribution in [0.15, 0.2) is 30.5 Å². The van der Waals surface area contributed by atoms with Crippen LogP contribution in [0.3, 0.4) is 0 Å². The summed E-state index contributed by atoms with van der Waals surface area (Å²) in [6, 6.07) is 8.41. The maximum atomic E-state index is 5.90. The topological polar surface area (TPSA) is 34.2 Å². The molecular weight excluding hydrogens is 358 g/mol. The highest BCUT2D eigenvalue weighted by atomic mass is 28.4. The fourth-order valence-electron chi connectivity index (χ4n) is 2.72. The number of fused-ring (bicyclic) bond motifs is 1. The summed E-state index contributed by atoms with van der Waals surface area (Å²) >= 11 is 0. The van der Waals surface area contributed by atoms with Crippen molar-refractivity contribution in [2.75, 3.05) is 6.61 Å². The van der Waals surface area contributed by atoms with E-state index in [2.05, 4.69) is 94.4 Å². The lowest BCUT2D eigenvalue weighted by atomic mass is 10.1. The molecule has 0 atom stereocenters. The zero-order valence-electron chi connectivity index (χ0n) is 17.6. The Morgan fingerprint density at radius 2 is 1.36 bits per heavy atom. The van der Waals surface area contributed by atoms with E-state index in [0.29, 0.717) is 0 Å². The predicted octanol–water partition coefficient (Wildman–Crippen LogP) is 6.23. The molecule has 3 nitrogen and oxygen atoms in total. The summed E-state index contributed by atoms with van der Waals surface area (Å²) in [6.07, 6.45) is 3.09. The van der Waals surface area contributed by atoms with Crippen LogP contribution in [0.25, 0.3) is 10.9 Å². The Labute approximate surface area is 157 Å². The third kappa shape index (κ3) is 10.2. The van der Waals surface area contributed by atoms with Crippen LogP contribution in [-0.2, 0) is 15.0 Å². The smallest absolute Gasteiger partial charge is 0.183 e. The van der Waals surface area contributed by atoms with Crippen molar-refractivity contribution in [2.24, 2.45) is 0 Å². The minimum atomic E-state index is -1.37. The molecule has 0 bridgehead atoms. The Kier molecular flexibility index (Phi) is 7.89. The van der Waals surface area contributed by atoms with E-state index in [1.807, 2.05) is 0 Å². The van der Waals surface area contributed by atoms with Gasteiger partial charge in [0.05, 0.1) is 0 Å². The van der Waals surface area contributed by atoms with E-state index in [0.717, 1.165) is 13.0 Å². The average Bonchev–Trinajstić information content (AvgIpc) is 2.77. The number of para-hydroxylation sites is 1. The highest BCUT2D eigenvalue weighted by Crippen LogP contribution is 2.18. The molecule has 1 heterocycles. The molecule has 0 spiro atoms. The minimum absolute atomic E-state index is 0.831. The summed E-state index contributed by atoms with van der Waals surface area (Å²) in [5, 5.41) is 1.32. The second-order valence-electron chi connectivity index (χ2n) is 9.40. The fourth-order valence-corrected chi connectivity index (χ4v) is 10.8. The molecule has 0 aliphatic rings. The van der Waals surface area contributed by atoms with Crippen LogP contribution in [0.5, 0.6) is 0 Å². The van der Waals surface area contributed by atoms with Crippen LogP contribution in [0, 0.1) is 0 Å².